The van der Waals surface area contributed by atoms with E-state index in [-0.39, 0.29) is 36.2 Å². The number of hydrogen-bond acceptors (Lipinski definition) is 6. The number of nitrogens with zero attached hydrogens (tertiary/aromatic N) is 3. The van der Waals surface area contributed by atoms with Gasteiger partial charge in [-0.25, -0.2) is 0 Å². The normalized spacial score (nSPS) is 17.5. The van der Waals surface area contributed by atoms with E-state index >= 15 is 0 Å². The predicted octanol–water partition coefficient (Wildman–Crippen LogP) is 1.55. The Morgan fingerprint density at radius 1 is 1.21 bits per heavy atom. The molecule has 1 aromatic carbocycles. The lowest BCUT2D eigenvalue weighted by molar-refractivity contribution is -0.124. The van der Waals surface area contributed by atoms with E-state index in [1.807, 2.05) is 13.8 Å². The topological polar surface area (TPSA) is 118 Å². The summed E-state index contributed by atoms with van der Waals surface area (Å²) in [7, 11) is 1.57. The van der Waals surface area contributed by atoms with Crippen molar-refractivity contribution in [2.24, 2.45) is 11.7 Å². The third kappa shape index (κ3) is 5.91. The molecule has 1 aliphatic heterocycles. The van der Waals surface area contributed by atoms with Crippen molar-refractivity contribution in [3.8, 4) is 5.75 Å². The summed E-state index contributed by atoms with van der Waals surface area (Å²) in [5, 5.41) is 2.79. The zero-order chi connectivity index (χ0) is 24.7. The van der Waals surface area contributed by atoms with Crippen LogP contribution in [0.3, 0.4) is 0 Å². The summed E-state index contributed by atoms with van der Waals surface area (Å²) in [5.41, 5.74) is 6.48. The number of ether oxygens (including phenoxy) is 1. The first-order valence-electron chi connectivity index (χ1n) is 11.5. The van der Waals surface area contributed by atoms with Crippen LogP contribution in [0.1, 0.15) is 41.0 Å². The molecule has 2 aromatic rings. The third-order valence-corrected chi connectivity index (χ3v) is 5.80. The molecule has 1 aromatic heterocycles. The van der Waals surface area contributed by atoms with Crippen molar-refractivity contribution in [1.82, 2.24) is 20.1 Å². The Kier molecular flexibility index (Phi) is 8.59. The largest absolute Gasteiger partial charge is 0.497 e. The standard InChI is InChI=1S/C25H33N5O4/c1-17(2)15-29(24(32)18-6-8-21(34-3)9-7-18)20-13-22(23(31)28-12-10-26)30(16-20)25(33)19-5-4-11-27-14-19/h4-9,11,14,17,20,22H,10,12-13,15-16,26H2,1-3H3,(H,28,31). The number of rotatable bonds is 9. The smallest absolute Gasteiger partial charge is 0.256 e. The van der Waals surface area contributed by atoms with Crippen molar-refractivity contribution < 1.29 is 19.1 Å². The molecule has 1 fully saturated rings. The van der Waals surface area contributed by atoms with E-state index in [1.54, 1.807) is 59.5 Å². The number of likely N-dealkylation sites (tertiary alicyclic amines) is 1. The van der Waals surface area contributed by atoms with Gasteiger partial charge in [-0.1, -0.05) is 13.8 Å². The molecule has 0 radical (unpaired) electrons. The molecule has 1 saturated heterocycles. The molecule has 2 heterocycles. The highest BCUT2D eigenvalue weighted by Gasteiger charge is 2.43. The van der Waals surface area contributed by atoms with Crippen molar-refractivity contribution in [3.05, 3.63) is 59.9 Å². The van der Waals surface area contributed by atoms with Gasteiger partial charge in [-0.05, 0) is 48.7 Å². The molecule has 2 unspecified atom stereocenters. The van der Waals surface area contributed by atoms with Crippen LogP contribution in [-0.4, -0.2) is 77.9 Å². The molecule has 2 atom stereocenters. The number of nitrogens with two attached hydrogens (primary N) is 1. The first kappa shape index (κ1) is 25.2. The Hall–Kier alpha value is -3.46. The fraction of sp³-hybridized carbons (Fsp3) is 0.440. The summed E-state index contributed by atoms with van der Waals surface area (Å²) in [4.78, 5) is 47.1. The lowest BCUT2D eigenvalue weighted by atomic mass is 10.1. The van der Waals surface area contributed by atoms with Crippen LogP contribution in [0.2, 0.25) is 0 Å². The molecule has 9 nitrogen and oxygen atoms in total. The molecule has 0 bridgehead atoms. The third-order valence-electron chi connectivity index (χ3n) is 5.80. The number of carbonyl (C=O) groups is 3. The second kappa shape index (κ2) is 11.6. The summed E-state index contributed by atoms with van der Waals surface area (Å²) in [5.74, 6) is 0.169. The van der Waals surface area contributed by atoms with E-state index < -0.39 is 6.04 Å². The molecule has 0 saturated carbocycles. The number of hydrogen-bond donors (Lipinski definition) is 2. The van der Waals surface area contributed by atoms with Gasteiger partial charge in [0.15, 0.2) is 0 Å². The quantitative estimate of drug-likeness (QED) is 0.578. The second-order valence-electron chi connectivity index (χ2n) is 8.76. The van der Waals surface area contributed by atoms with Crippen LogP contribution < -0.4 is 15.8 Å². The second-order valence-corrected chi connectivity index (χ2v) is 8.76. The van der Waals surface area contributed by atoms with Gasteiger partial charge in [0.25, 0.3) is 11.8 Å². The SMILES string of the molecule is COc1ccc(C(=O)N(CC(C)C)C2CC(C(=O)NCCN)N(C(=O)c3cccnc3)C2)cc1. The number of benzene rings is 1. The van der Waals surface area contributed by atoms with E-state index in [0.29, 0.717) is 42.9 Å². The van der Waals surface area contributed by atoms with Gasteiger partial charge in [0.2, 0.25) is 5.91 Å². The summed E-state index contributed by atoms with van der Waals surface area (Å²) < 4.78 is 5.20. The zero-order valence-corrected chi connectivity index (χ0v) is 19.9. The van der Waals surface area contributed by atoms with Crippen LogP contribution >= 0.6 is 0 Å². The summed E-state index contributed by atoms with van der Waals surface area (Å²) in [6.45, 7) is 5.44. The highest BCUT2D eigenvalue weighted by atomic mass is 16.5. The highest BCUT2D eigenvalue weighted by Crippen LogP contribution is 2.27. The van der Waals surface area contributed by atoms with Gasteiger partial charge in [-0.3, -0.25) is 19.4 Å². The van der Waals surface area contributed by atoms with Crippen molar-refractivity contribution >= 4 is 17.7 Å². The first-order chi connectivity index (χ1) is 16.3. The van der Waals surface area contributed by atoms with Gasteiger partial charge in [-0.15, -0.1) is 0 Å². The molecule has 0 spiro atoms. The molecule has 34 heavy (non-hydrogen) atoms. The maximum absolute atomic E-state index is 13.5. The zero-order valence-electron chi connectivity index (χ0n) is 19.9. The first-order valence-corrected chi connectivity index (χ1v) is 11.5. The predicted molar refractivity (Wildman–Crippen MR) is 128 cm³/mol. The minimum absolute atomic E-state index is 0.141. The molecule has 3 N–H and O–H groups in total. The number of carbonyl (C=O) groups excluding carboxylic acids is 3. The van der Waals surface area contributed by atoms with Crippen LogP contribution in [0.5, 0.6) is 5.75 Å². The van der Waals surface area contributed by atoms with E-state index in [1.165, 1.54) is 6.20 Å². The molecule has 1 aliphatic rings. The van der Waals surface area contributed by atoms with Gasteiger partial charge in [-0.2, -0.15) is 0 Å². The number of nitrogens with one attached hydrogen (secondary N) is 1. The van der Waals surface area contributed by atoms with Crippen molar-refractivity contribution in [1.29, 1.82) is 0 Å². The van der Waals surface area contributed by atoms with Crippen LogP contribution in [0.4, 0.5) is 0 Å². The minimum atomic E-state index is -0.706. The summed E-state index contributed by atoms with van der Waals surface area (Å²) in [6, 6.07) is 9.29. The molecule has 0 aliphatic carbocycles. The Labute approximate surface area is 200 Å². The lowest BCUT2D eigenvalue weighted by Crippen LogP contribution is -2.47. The molecule has 3 rings (SSSR count). The fourth-order valence-electron chi connectivity index (χ4n) is 4.17. The monoisotopic (exact) mass is 467 g/mol. The van der Waals surface area contributed by atoms with Gasteiger partial charge in [0.1, 0.15) is 11.8 Å². The van der Waals surface area contributed by atoms with E-state index in [0.717, 1.165) is 0 Å². The van der Waals surface area contributed by atoms with Gasteiger partial charge < -0.3 is 25.6 Å². The van der Waals surface area contributed by atoms with Crippen LogP contribution in [-0.2, 0) is 4.79 Å². The average Bonchev–Trinajstić information content (AvgIpc) is 3.30. The molecule has 9 heteroatoms. The Balaban J connectivity index is 1.89. The maximum Gasteiger partial charge on any atom is 0.256 e. The van der Waals surface area contributed by atoms with Crippen LogP contribution in [0.15, 0.2) is 48.8 Å². The van der Waals surface area contributed by atoms with Gasteiger partial charge >= 0.3 is 0 Å². The summed E-state index contributed by atoms with van der Waals surface area (Å²) in [6.07, 6.45) is 3.42. The molecule has 3 amide bonds. The number of methoxy groups -OCH3 is 1. The van der Waals surface area contributed by atoms with Gasteiger partial charge in [0.05, 0.1) is 18.7 Å². The highest BCUT2D eigenvalue weighted by molar-refractivity contribution is 5.98. The number of aromatic nitrogens is 1. The van der Waals surface area contributed by atoms with Crippen LogP contribution in [0.25, 0.3) is 0 Å². The Morgan fingerprint density at radius 3 is 2.53 bits per heavy atom. The lowest BCUT2D eigenvalue weighted by Gasteiger charge is -2.31. The van der Waals surface area contributed by atoms with Crippen molar-refractivity contribution in [2.45, 2.75) is 32.4 Å². The fourth-order valence-corrected chi connectivity index (χ4v) is 4.17. The minimum Gasteiger partial charge on any atom is -0.497 e. The van der Waals surface area contributed by atoms with Gasteiger partial charge in [0, 0.05) is 44.1 Å². The Morgan fingerprint density at radius 2 is 1.94 bits per heavy atom. The molecule has 182 valence electrons. The van der Waals surface area contributed by atoms with E-state index in [9.17, 15) is 14.4 Å². The van der Waals surface area contributed by atoms with Crippen LogP contribution in [0, 0.1) is 5.92 Å². The maximum atomic E-state index is 13.5. The van der Waals surface area contributed by atoms with Crippen molar-refractivity contribution in [2.75, 3.05) is 33.3 Å². The number of amides is 3. The molecular weight excluding hydrogens is 434 g/mol. The van der Waals surface area contributed by atoms with E-state index in [4.69, 9.17) is 10.5 Å². The summed E-state index contributed by atoms with van der Waals surface area (Å²) >= 11 is 0. The average molecular weight is 468 g/mol. The number of pyridine rings is 1. The Bertz CT molecular complexity index is 981. The van der Waals surface area contributed by atoms with E-state index in [2.05, 4.69) is 10.3 Å². The molecular formula is C25H33N5O4. The van der Waals surface area contributed by atoms with Crippen molar-refractivity contribution in [3.63, 3.8) is 0 Å².